The molecule has 0 spiro atoms. The summed E-state index contributed by atoms with van der Waals surface area (Å²) in [7, 11) is 0. The Morgan fingerprint density at radius 2 is 1.88 bits per heavy atom. The Kier molecular flexibility index (Phi) is 7.00. The summed E-state index contributed by atoms with van der Waals surface area (Å²) in [4.78, 5) is 3.90. The van der Waals surface area contributed by atoms with E-state index in [1.807, 2.05) is 0 Å². The molecule has 0 amide bonds. The van der Waals surface area contributed by atoms with Crippen molar-refractivity contribution in [2.24, 2.45) is 0 Å². The molecule has 134 valence electrons. The van der Waals surface area contributed by atoms with E-state index in [1.54, 1.807) is 6.92 Å². The molecular weight excluding hydrogens is 351 g/mol. The third-order valence-electron chi connectivity index (χ3n) is 2.71. The molecule has 0 radical (unpaired) electrons. The van der Waals surface area contributed by atoms with Gasteiger partial charge in [-0.2, -0.15) is 18.4 Å². The molecule has 1 aromatic carbocycles. The van der Waals surface area contributed by atoms with E-state index in [2.05, 4.69) is 10.1 Å². The van der Waals surface area contributed by atoms with E-state index < -0.39 is 23.6 Å². The monoisotopic (exact) mass is 368 g/mol. The normalized spacial score (nSPS) is 11.2. The van der Waals surface area contributed by atoms with E-state index in [1.165, 1.54) is 13.0 Å². The number of nitrogens with zero attached hydrogens (tertiary/aromatic N) is 3. The molecule has 4 nitrogen and oxygen atoms in total. The highest BCUT2D eigenvalue weighted by Gasteiger charge is 2.31. The third-order valence-corrected chi connectivity index (χ3v) is 3.57. The van der Waals surface area contributed by atoms with Crippen LogP contribution in [0.4, 0.5) is 27.9 Å². The van der Waals surface area contributed by atoms with Crippen LogP contribution < -0.4 is 5.73 Å². The van der Waals surface area contributed by atoms with Crippen molar-refractivity contribution in [3.8, 4) is 5.69 Å². The predicted octanol–water partition coefficient (Wildman–Crippen LogP) is 4.40. The molecule has 1 aromatic heterocycles. The first-order chi connectivity index (χ1) is 11.1. The number of benzene rings is 1. The molecule has 0 bridgehead atoms. The molecule has 24 heavy (non-hydrogen) atoms. The molecule has 0 atom stereocenters. The van der Waals surface area contributed by atoms with Crippen LogP contribution in [0.15, 0.2) is 17.0 Å². The maximum absolute atomic E-state index is 14.0. The molecule has 0 aliphatic carbocycles. The summed E-state index contributed by atoms with van der Waals surface area (Å²) < 4.78 is 63.9. The van der Waals surface area contributed by atoms with Gasteiger partial charge in [0.1, 0.15) is 17.5 Å². The zero-order valence-corrected chi connectivity index (χ0v) is 14.1. The molecule has 10 heteroatoms. The summed E-state index contributed by atoms with van der Waals surface area (Å²) in [5.74, 6) is -5.18. The van der Waals surface area contributed by atoms with Crippen LogP contribution in [-0.4, -0.2) is 27.4 Å². The Morgan fingerprint density at radius 1 is 1.29 bits per heavy atom. The second kappa shape index (κ2) is 8.32. The van der Waals surface area contributed by atoms with E-state index in [4.69, 9.17) is 5.73 Å². The summed E-state index contributed by atoms with van der Waals surface area (Å²) in [6.07, 6.45) is 0. The number of aryl methyl sites for hydroxylation is 1. The molecule has 0 saturated heterocycles. The van der Waals surface area contributed by atoms with Gasteiger partial charge in [0.05, 0.1) is 6.67 Å². The zero-order chi connectivity index (χ0) is 18.5. The number of thioether (sulfide) groups is 1. The van der Waals surface area contributed by atoms with Gasteiger partial charge in [-0.05, 0) is 31.5 Å². The zero-order valence-electron chi connectivity index (χ0n) is 13.3. The van der Waals surface area contributed by atoms with Crippen LogP contribution in [0.25, 0.3) is 5.69 Å². The summed E-state index contributed by atoms with van der Waals surface area (Å²) in [5.41, 5.74) is 5.88. The van der Waals surface area contributed by atoms with Gasteiger partial charge in [-0.1, -0.05) is 11.8 Å². The van der Waals surface area contributed by atoms with Gasteiger partial charge in [0.2, 0.25) is 11.8 Å². The molecule has 2 aromatic rings. The molecular formula is C14H17F5N4S. The van der Waals surface area contributed by atoms with Crippen molar-refractivity contribution in [1.82, 2.24) is 14.8 Å². The van der Waals surface area contributed by atoms with Gasteiger partial charge in [0, 0.05) is 11.8 Å². The standard InChI is InChI=1S/C12H12F4N4S.C2H5F/c1-6-3-7(14)8(4-9(6)21-5-13)20-11(17)18-10(19-20)12(2,15)16;1-2-3/h3-4H,5H2,1-2H3,(H2,17,18,19);2H2,1H3. The van der Waals surface area contributed by atoms with Gasteiger partial charge in [0.25, 0.3) is 0 Å². The van der Waals surface area contributed by atoms with Crippen LogP contribution in [0.3, 0.4) is 0 Å². The number of anilines is 1. The minimum absolute atomic E-state index is 0.156. The maximum Gasteiger partial charge on any atom is 0.305 e. The Balaban J connectivity index is 0.000000891. The third kappa shape index (κ3) is 4.83. The number of hydrogen-bond acceptors (Lipinski definition) is 4. The number of rotatable bonds is 4. The predicted molar refractivity (Wildman–Crippen MR) is 83.5 cm³/mol. The SMILES string of the molecule is CCF.Cc1cc(F)c(-n2nc(C(C)(F)F)nc2N)cc1SCF. The fourth-order valence-electron chi connectivity index (χ4n) is 1.71. The topological polar surface area (TPSA) is 56.7 Å². The second-order valence-corrected chi connectivity index (χ2v) is 5.63. The first-order valence-corrected chi connectivity index (χ1v) is 7.80. The van der Waals surface area contributed by atoms with Crippen LogP contribution in [-0.2, 0) is 5.92 Å². The summed E-state index contributed by atoms with van der Waals surface area (Å²) in [5, 5.41) is 3.53. The lowest BCUT2D eigenvalue weighted by atomic mass is 10.2. The average molecular weight is 368 g/mol. The van der Waals surface area contributed by atoms with Crippen LogP contribution in [0, 0.1) is 12.7 Å². The molecule has 1 heterocycles. The van der Waals surface area contributed by atoms with Crippen molar-refractivity contribution in [2.75, 3.05) is 18.4 Å². The van der Waals surface area contributed by atoms with Crippen molar-refractivity contribution in [2.45, 2.75) is 31.6 Å². The van der Waals surface area contributed by atoms with Gasteiger partial charge in [-0.3, -0.25) is 4.39 Å². The van der Waals surface area contributed by atoms with E-state index in [0.717, 1.165) is 22.5 Å². The lowest BCUT2D eigenvalue weighted by Gasteiger charge is -2.09. The molecule has 2 rings (SSSR count). The molecule has 0 aliphatic rings. The molecule has 0 aliphatic heterocycles. The molecule has 0 saturated carbocycles. The highest BCUT2D eigenvalue weighted by Crippen LogP contribution is 2.30. The van der Waals surface area contributed by atoms with Gasteiger partial charge in [0.15, 0.2) is 0 Å². The summed E-state index contributed by atoms with van der Waals surface area (Å²) in [6.45, 7) is 3.43. The van der Waals surface area contributed by atoms with E-state index >= 15 is 0 Å². The maximum atomic E-state index is 14.0. The van der Waals surface area contributed by atoms with Gasteiger partial charge in [-0.25, -0.2) is 8.78 Å². The second-order valence-electron chi connectivity index (χ2n) is 4.68. The number of nitrogen functional groups attached to an aromatic ring is 1. The van der Waals surface area contributed by atoms with E-state index in [9.17, 15) is 22.0 Å². The lowest BCUT2D eigenvalue weighted by Crippen LogP contribution is -2.11. The minimum Gasteiger partial charge on any atom is -0.368 e. The summed E-state index contributed by atoms with van der Waals surface area (Å²) in [6, 6.07) is 1.77. The van der Waals surface area contributed by atoms with Crippen molar-refractivity contribution in [1.29, 1.82) is 0 Å². The number of halogens is 5. The van der Waals surface area contributed by atoms with Crippen molar-refractivity contribution in [3.05, 3.63) is 29.3 Å². The average Bonchev–Trinajstić information content (AvgIpc) is 2.85. The van der Waals surface area contributed by atoms with Gasteiger partial charge >= 0.3 is 5.92 Å². The van der Waals surface area contributed by atoms with E-state index in [0.29, 0.717) is 17.4 Å². The van der Waals surface area contributed by atoms with Crippen LogP contribution in [0.5, 0.6) is 0 Å². The Hall–Kier alpha value is -1.84. The smallest absolute Gasteiger partial charge is 0.305 e. The highest BCUT2D eigenvalue weighted by atomic mass is 32.2. The van der Waals surface area contributed by atoms with Crippen molar-refractivity contribution >= 4 is 17.7 Å². The number of hydrogen-bond donors (Lipinski definition) is 1. The first-order valence-electron chi connectivity index (χ1n) is 6.81. The van der Waals surface area contributed by atoms with Crippen molar-refractivity contribution in [3.63, 3.8) is 0 Å². The Morgan fingerprint density at radius 3 is 2.33 bits per heavy atom. The quantitative estimate of drug-likeness (QED) is 0.642. The van der Waals surface area contributed by atoms with Crippen molar-refractivity contribution < 1.29 is 22.0 Å². The van der Waals surface area contributed by atoms with Gasteiger partial charge in [-0.15, -0.1) is 5.10 Å². The Bertz CT molecular complexity index is 685. The van der Waals surface area contributed by atoms with Crippen LogP contribution >= 0.6 is 11.8 Å². The lowest BCUT2D eigenvalue weighted by molar-refractivity contribution is 0.00785. The van der Waals surface area contributed by atoms with Crippen LogP contribution in [0.1, 0.15) is 25.2 Å². The fourth-order valence-corrected chi connectivity index (χ4v) is 2.31. The fraction of sp³-hybridized carbons (Fsp3) is 0.429. The Labute approximate surface area is 140 Å². The van der Waals surface area contributed by atoms with E-state index in [-0.39, 0.29) is 18.3 Å². The largest absolute Gasteiger partial charge is 0.368 e. The molecule has 0 fully saturated rings. The number of aromatic nitrogens is 3. The highest BCUT2D eigenvalue weighted by molar-refractivity contribution is 7.99. The molecule has 2 N–H and O–H groups in total. The molecule has 0 unspecified atom stereocenters. The first kappa shape index (κ1) is 20.2. The number of alkyl halides is 4. The van der Waals surface area contributed by atoms with Gasteiger partial charge < -0.3 is 5.73 Å². The van der Waals surface area contributed by atoms with Crippen LogP contribution in [0.2, 0.25) is 0 Å². The summed E-state index contributed by atoms with van der Waals surface area (Å²) >= 11 is 0.854. The number of nitrogens with two attached hydrogens (primary N) is 1. The minimum atomic E-state index is -3.29.